The summed E-state index contributed by atoms with van der Waals surface area (Å²) >= 11 is 0. The number of hydrogen-bond donors (Lipinski definition) is 2. The molecule has 2 aliphatic rings. The van der Waals surface area contributed by atoms with Gasteiger partial charge in [-0.25, -0.2) is 4.79 Å². The maximum atomic E-state index is 12.2. The number of aryl methyl sites for hydroxylation is 2. The fourth-order valence-corrected chi connectivity index (χ4v) is 3.49. The summed E-state index contributed by atoms with van der Waals surface area (Å²) in [5, 5.41) is 9.79. The quantitative estimate of drug-likeness (QED) is 0.855. The Labute approximate surface area is 142 Å². The van der Waals surface area contributed by atoms with Gasteiger partial charge in [-0.2, -0.15) is 0 Å². The number of rotatable bonds is 5. The van der Waals surface area contributed by atoms with E-state index in [4.69, 9.17) is 4.52 Å². The van der Waals surface area contributed by atoms with Crippen LogP contribution < -0.4 is 10.6 Å². The topological polar surface area (TPSA) is 87.5 Å². The zero-order valence-electron chi connectivity index (χ0n) is 14.8. The van der Waals surface area contributed by atoms with Crippen LogP contribution in [0.2, 0.25) is 0 Å². The average Bonchev–Trinajstić information content (AvgIpc) is 2.99. The van der Waals surface area contributed by atoms with Crippen LogP contribution in [0, 0.1) is 19.8 Å². The number of hydrogen-bond acceptors (Lipinski definition) is 4. The number of amides is 3. The van der Waals surface area contributed by atoms with E-state index in [1.165, 1.54) is 0 Å². The van der Waals surface area contributed by atoms with Crippen molar-refractivity contribution in [2.24, 2.45) is 5.92 Å². The lowest BCUT2D eigenvalue weighted by molar-refractivity contribution is -0.128. The largest absolute Gasteiger partial charge is 0.361 e. The van der Waals surface area contributed by atoms with Gasteiger partial charge in [0, 0.05) is 30.6 Å². The van der Waals surface area contributed by atoms with Gasteiger partial charge in [-0.1, -0.05) is 12.1 Å². The number of carbonyl (C=O) groups excluding carboxylic acids is 2. The van der Waals surface area contributed by atoms with Gasteiger partial charge in [0.1, 0.15) is 5.76 Å². The molecule has 24 heavy (non-hydrogen) atoms. The predicted molar refractivity (Wildman–Crippen MR) is 88.5 cm³/mol. The summed E-state index contributed by atoms with van der Waals surface area (Å²) in [4.78, 5) is 26.1. The van der Waals surface area contributed by atoms with Crippen LogP contribution in [0.25, 0.3) is 0 Å². The second kappa shape index (κ2) is 6.45. The van der Waals surface area contributed by atoms with Crippen molar-refractivity contribution in [3.05, 3.63) is 17.0 Å². The molecule has 3 rings (SSSR count). The molecule has 1 aliphatic carbocycles. The van der Waals surface area contributed by atoms with E-state index in [1.54, 1.807) is 0 Å². The molecule has 2 N–H and O–H groups in total. The third-order valence-corrected chi connectivity index (χ3v) is 5.03. The van der Waals surface area contributed by atoms with Gasteiger partial charge in [-0.15, -0.1) is 0 Å². The number of likely N-dealkylation sites (tertiary alicyclic amines) is 1. The Bertz CT molecular complexity index is 622. The van der Waals surface area contributed by atoms with Crippen molar-refractivity contribution in [3.63, 3.8) is 0 Å². The first kappa shape index (κ1) is 16.8. The fraction of sp³-hybridized carbons (Fsp3) is 0.706. The molecular formula is C17H26N4O3. The molecule has 3 amide bonds. The highest BCUT2D eigenvalue weighted by Gasteiger charge is 2.44. The normalized spacial score (nSPS) is 27.2. The SMILES string of the molecule is Cc1noc(C)c1C[C@H](C)NC(=O)N[C@@H]1CC(=O)N([C@H]2C[C@H]2C)C1. The molecule has 2 heterocycles. The minimum Gasteiger partial charge on any atom is -0.361 e. The first-order valence-electron chi connectivity index (χ1n) is 8.63. The van der Waals surface area contributed by atoms with Crippen LogP contribution in [0.1, 0.15) is 43.7 Å². The summed E-state index contributed by atoms with van der Waals surface area (Å²) in [5.41, 5.74) is 1.89. The lowest BCUT2D eigenvalue weighted by Gasteiger charge is -2.19. The van der Waals surface area contributed by atoms with Gasteiger partial charge in [-0.3, -0.25) is 4.79 Å². The molecule has 1 aromatic heterocycles. The summed E-state index contributed by atoms with van der Waals surface area (Å²) < 4.78 is 5.15. The van der Waals surface area contributed by atoms with Crippen LogP contribution >= 0.6 is 0 Å². The third-order valence-electron chi connectivity index (χ3n) is 5.03. The lowest BCUT2D eigenvalue weighted by Crippen LogP contribution is -2.47. The Morgan fingerprint density at radius 1 is 1.46 bits per heavy atom. The average molecular weight is 334 g/mol. The molecule has 132 valence electrons. The summed E-state index contributed by atoms with van der Waals surface area (Å²) in [6.45, 7) is 8.50. The molecule has 1 saturated heterocycles. The van der Waals surface area contributed by atoms with E-state index in [2.05, 4.69) is 22.7 Å². The van der Waals surface area contributed by atoms with Crippen LogP contribution in [0.15, 0.2) is 4.52 Å². The predicted octanol–water partition coefficient (Wildman–Crippen LogP) is 1.53. The highest BCUT2D eigenvalue weighted by atomic mass is 16.5. The second-order valence-electron chi connectivity index (χ2n) is 7.25. The summed E-state index contributed by atoms with van der Waals surface area (Å²) in [7, 11) is 0. The summed E-state index contributed by atoms with van der Waals surface area (Å²) in [6, 6.07) is 0.0126. The molecule has 0 bridgehead atoms. The van der Waals surface area contributed by atoms with Gasteiger partial charge in [0.2, 0.25) is 5.91 Å². The molecule has 1 aliphatic heterocycles. The Morgan fingerprint density at radius 3 is 2.75 bits per heavy atom. The van der Waals surface area contributed by atoms with Gasteiger partial charge in [0.15, 0.2) is 0 Å². The van der Waals surface area contributed by atoms with E-state index in [-0.39, 0.29) is 24.0 Å². The van der Waals surface area contributed by atoms with E-state index in [1.807, 2.05) is 25.7 Å². The smallest absolute Gasteiger partial charge is 0.315 e. The minimum atomic E-state index is -0.224. The van der Waals surface area contributed by atoms with Gasteiger partial charge in [0.25, 0.3) is 0 Å². The Hall–Kier alpha value is -2.05. The molecule has 0 aromatic carbocycles. The van der Waals surface area contributed by atoms with E-state index < -0.39 is 0 Å². The van der Waals surface area contributed by atoms with Gasteiger partial charge in [-0.05, 0) is 39.5 Å². The van der Waals surface area contributed by atoms with Crippen LogP contribution in [-0.2, 0) is 11.2 Å². The second-order valence-corrected chi connectivity index (χ2v) is 7.25. The molecule has 0 radical (unpaired) electrons. The monoisotopic (exact) mass is 334 g/mol. The van der Waals surface area contributed by atoms with Gasteiger partial charge < -0.3 is 20.1 Å². The maximum absolute atomic E-state index is 12.2. The number of carbonyl (C=O) groups is 2. The van der Waals surface area contributed by atoms with Crippen LogP contribution in [0.4, 0.5) is 4.79 Å². The van der Waals surface area contributed by atoms with Crippen LogP contribution in [-0.4, -0.2) is 46.7 Å². The van der Waals surface area contributed by atoms with E-state index >= 15 is 0 Å². The number of aromatic nitrogens is 1. The minimum absolute atomic E-state index is 0.0431. The van der Waals surface area contributed by atoms with Crippen molar-refractivity contribution in [1.82, 2.24) is 20.7 Å². The number of nitrogens with one attached hydrogen (secondary N) is 2. The third kappa shape index (κ3) is 3.55. The molecule has 2 fully saturated rings. The molecule has 7 nitrogen and oxygen atoms in total. The van der Waals surface area contributed by atoms with Crippen molar-refractivity contribution in [2.75, 3.05) is 6.54 Å². The molecule has 1 aromatic rings. The highest BCUT2D eigenvalue weighted by molar-refractivity contribution is 5.82. The standard InChI is InChI=1S/C17H26N4O3/c1-9-5-15(9)21-8-13(7-16(21)22)19-17(23)18-10(2)6-14-11(3)20-24-12(14)4/h9-10,13,15H,5-8H2,1-4H3,(H2,18,19,23)/t9-,10+,13-,15+/m1/s1. The van der Waals surface area contributed by atoms with E-state index in [0.717, 1.165) is 23.4 Å². The Kier molecular flexibility index (Phi) is 4.51. The molecule has 7 heteroatoms. The zero-order valence-corrected chi connectivity index (χ0v) is 14.8. The first-order valence-corrected chi connectivity index (χ1v) is 8.63. The molecular weight excluding hydrogens is 308 g/mol. The maximum Gasteiger partial charge on any atom is 0.315 e. The van der Waals surface area contributed by atoms with Crippen LogP contribution in [0.5, 0.6) is 0 Å². The highest BCUT2D eigenvalue weighted by Crippen LogP contribution is 2.37. The van der Waals surface area contributed by atoms with E-state index in [0.29, 0.717) is 31.3 Å². The van der Waals surface area contributed by atoms with Gasteiger partial charge in [0.05, 0.1) is 11.7 Å². The first-order chi connectivity index (χ1) is 11.3. The summed E-state index contributed by atoms with van der Waals surface area (Å²) in [6.07, 6.45) is 2.15. The number of nitrogens with zero attached hydrogens (tertiary/aromatic N) is 2. The van der Waals surface area contributed by atoms with E-state index in [9.17, 15) is 9.59 Å². The molecule has 1 saturated carbocycles. The van der Waals surface area contributed by atoms with Gasteiger partial charge >= 0.3 is 6.03 Å². The fourth-order valence-electron chi connectivity index (χ4n) is 3.49. The molecule has 4 atom stereocenters. The molecule has 0 spiro atoms. The van der Waals surface area contributed by atoms with Crippen molar-refractivity contribution >= 4 is 11.9 Å². The number of urea groups is 1. The van der Waals surface area contributed by atoms with Crippen molar-refractivity contribution < 1.29 is 14.1 Å². The Morgan fingerprint density at radius 2 is 2.17 bits per heavy atom. The van der Waals surface area contributed by atoms with Crippen molar-refractivity contribution in [1.29, 1.82) is 0 Å². The molecule has 0 unspecified atom stereocenters. The van der Waals surface area contributed by atoms with Crippen molar-refractivity contribution in [3.8, 4) is 0 Å². The zero-order chi connectivity index (χ0) is 17.4. The lowest BCUT2D eigenvalue weighted by atomic mass is 10.1. The van der Waals surface area contributed by atoms with Crippen molar-refractivity contribution in [2.45, 2.75) is 65.1 Å². The van der Waals surface area contributed by atoms with Crippen LogP contribution in [0.3, 0.4) is 0 Å². The summed E-state index contributed by atoms with van der Waals surface area (Å²) in [5.74, 6) is 1.53. The Balaban J connectivity index is 1.46.